The van der Waals surface area contributed by atoms with Crippen LogP contribution in [0, 0.1) is 23.7 Å². The van der Waals surface area contributed by atoms with Gasteiger partial charge < -0.3 is 29.6 Å². The minimum Gasteiger partial charge on any atom is -0.462 e. The van der Waals surface area contributed by atoms with E-state index in [-0.39, 0.29) is 13.2 Å². The number of fused-ring (bicyclic) bond motifs is 2. The molecule has 2 saturated carbocycles. The molecule has 0 aliphatic heterocycles. The molecule has 2 N–H and O–H groups in total. The summed E-state index contributed by atoms with van der Waals surface area (Å²) in [4.78, 5) is 45.8. The van der Waals surface area contributed by atoms with E-state index >= 15 is 0 Å². The van der Waals surface area contributed by atoms with Crippen LogP contribution in [0.3, 0.4) is 0 Å². The lowest BCUT2D eigenvalue weighted by Crippen LogP contribution is -2.35. The first-order valence-electron chi connectivity index (χ1n) is 11.5. The molecule has 2 amide bonds. The maximum absolute atomic E-state index is 12.0. The van der Waals surface area contributed by atoms with E-state index in [4.69, 9.17) is 18.9 Å². The van der Waals surface area contributed by atoms with E-state index in [0.717, 1.165) is 25.3 Å². The van der Waals surface area contributed by atoms with Crippen molar-refractivity contribution in [2.24, 2.45) is 23.7 Å². The number of esters is 2. The minimum absolute atomic E-state index is 0.0231. The predicted octanol–water partition coefficient (Wildman–Crippen LogP) is 2.56. The van der Waals surface area contributed by atoms with Crippen LogP contribution in [0.4, 0.5) is 9.59 Å². The molecule has 2 aliphatic rings. The maximum Gasteiger partial charge on any atom is 0.407 e. The summed E-state index contributed by atoms with van der Waals surface area (Å²) in [5, 5.41) is 5.61. The van der Waals surface area contributed by atoms with Gasteiger partial charge in [-0.25, -0.2) is 14.4 Å². The van der Waals surface area contributed by atoms with Crippen molar-refractivity contribution in [2.75, 3.05) is 26.3 Å². The summed E-state index contributed by atoms with van der Waals surface area (Å²) < 4.78 is 20.1. The second kappa shape index (κ2) is 13.1. The van der Waals surface area contributed by atoms with Crippen LogP contribution in [0.25, 0.3) is 0 Å². The average Bonchev–Trinajstić information content (AvgIpc) is 3.31. The summed E-state index contributed by atoms with van der Waals surface area (Å²) in [5.41, 5.74) is 0. The van der Waals surface area contributed by atoms with Gasteiger partial charge in [-0.3, -0.25) is 4.79 Å². The highest BCUT2D eigenvalue weighted by Crippen LogP contribution is 2.53. The molecule has 6 atom stereocenters. The molecule has 0 heterocycles. The first-order valence-corrected chi connectivity index (χ1v) is 11.5. The van der Waals surface area contributed by atoms with Crippen molar-refractivity contribution in [1.29, 1.82) is 0 Å². The number of carbonyl (C=O) groups excluding carboxylic acids is 4. The number of ether oxygens (including phenoxy) is 4. The lowest BCUT2D eigenvalue weighted by molar-refractivity contribution is -0.143. The Labute approximate surface area is 194 Å². The number of rotatable bonds is 12. The molecule has 33 heavy (non-hydrogen) atoms. The Morgan fingerprint density at radius 1 is 1.00 bits per heavy atom. The maximum atomic E-state index is 12.0. The molecule has 6 unspecified atom stereocenters. The van der Waals surface area contributed by atoms with Crippen molar-refractivity contribution in [3.63, 3.8) is 0 Å². The Hall–Kier alpha value is -2.78. The quantitative estimate of drug-likeness (QED) is 0.254. The van der Waals surface area contributed by atoms with Crippen molar-refractivity contribution >= 4 is 24.1 Å². The van der Waals surface area contributed by atoms with Gasteiger partial charge in [-0.1, -0.05) is 6.58 Å². The van der Waals surface area contributed by atoms with E-state index in [2.05, 4.69) is 17.2 Å². The van der Waals surface area contributed by atoms with E-state index in [0.29, 0.717) is 36.8 Å². The van der Waals surface area contributed by atoms with Crippen molar-refractivity contribution in [2.45, 2.75) is 58.7 Å². The summed E-state index contributed by atoms with van der Waals surface area (Å²) in [6.07, 6.45) is 3.15. The summed E-state index contributed by atoms with van der Waals surface area (Å²) >= 11 is 0. The first kappa shape index (κ1) is 26.5. The van der Waals surface area contributed by atoms with Crippen LogP contribution in [0.1, 0.15) is 46.5 Å². The van der Waals surface area contributed by atoms with Crippen LogP contribution in [0.15, 0.2) is 12.7 Å². The smallest absolute Gasteiger partial charge is 0.407 e. The van der Waals surface area contributed by atoms with Gasteiger partial charge in [0.15, 0.2) is 0 Å². The summed E-state index contributed by atoms with van der Waals surface area (Å²) in [7, 11) is 0. The highest BCUT2D eigenvalue weighted by Gasteiger charge is 2.47. The van der Waals surface area contributed by atoms with Crippen LogP contribution in [-0.2, 0) is 28.5 Å². The third-order valence-corrected chi connectivity index (χ3v) is 6.26. The molecular weight excluding hydrogens is 432 g/mol. The standard InChI is InChI=1S/C23H36N2O8/c1-5-21(27)31-13-15(3)32-22(28)24-9-8-20-17-6-7-19(20)18(10-17)11-25-23(29)33-14(2)12-30-16(4)26/h5,14-15,17-20H,1,6-13H2,2-4H3,(H,24,28)(H,25,29). The van der Waals surface area contributed by atoms with Gasteiger partial charge in [0.05, 0.1) is 0 Å². The molecular formula is C23H36N2O8. The number of amides is 2. The molecule has 0 aromatic carbocycles. The van der Waals surface area contributed by atoms with Crippen LogP contribution in [0.2, 0.25) is 0 Å². The Morgan fingerprint density at radius 2 is 1.64 bits per heavy atom. The summed E-state index contributed by atoms with van der Waals surface area (Å²) in [6.45, 7) is 9.00. The van der Waals surface area contributed by atoms with Gasteiger partial charge in [-0.2, -0.15) is 0 Å². The van der Waals surface area contributed by atoms with Gasteiger partial charge in [0, 0.05) is 26.1 Å². The van der Waals surface area contributed by atoms with Crippen LogP contribution in [0.5, 0.6) is 0 Å². The number of alkyl carbamates (subject to hydrolysis) is 2. The van der Waals surface area contributed by atoms with Gasteiger partial charge in [-0.05, 0) is 63.2 Å². The molecule has 10 heteroatoms. The van der Waals surface area contributed by atoms with Crippen LogP contribution < -0.4 is 10.6 Å². The van der Waals surface area contributed by atoms with Crippen LogP contribution >= 0.6 is 0 Å². The molecule has 0 spiro atoms. The minimum atomic E-state index is -0.559. The zero-order valence-corrected chi connectivity index (χ0v) is 19.7. The number of nitrogens with one attached hydrogen (secondary N) is 2. The molecule has 2 fully saturated rings. The molecule has 2 aliphatic carbocycles. The number of hydrogen-bond acceptors (Lipinski definition) is 8. The summed E-state index contributed by atoms with van der Waals surface area (Å²) in [6, 6.07) is 0. The molecule has 186 valence electrons. The average molecular weight is 469 g/mol. The predicted molar refractivity (Wildman–Crippen MR) is 118 cm³/mol. The van der Waals surface area contributed by atoms with Crippen molar-refractivity contribution in [3.05, 3.63) is 12.7 Å². The first-order chi connectivity index (χ1) is 15.7. The fourth-order valence-electron chi connectivity index (χ4n) is 4.88. The zero-order valence-electron chi connectivity index (χ0n) is 19.7. The lowest BCUT2D eigenvalue weighted by atomic mass is 9.87. The highest BCUT2D eigenvalue weighted by atomic mass is 16.6. The van der Waals surface area contributed by atoms with Gasteiger partial charge in [0.1, 0.15) is 25.4 Å². The molecule has 0 aromatic rings. The van der Waals surface area contributed by atoms with E-state index in [1.807, 2.05) is 0 Å². The van der Waals surface area contributed by atoms with Gasteiger partial charge in [-0.15, -0.1) is 0 Å². The highest BCUT2D eigenvalue weighted by molar-refractivity contribution is 5.81. The molecule has 0 saturated heterocycles. The zero-order chi connectivity index (χ0) is 24.4. The fraction of sp³-hybridized carbons (Fsp3) is 0.739. The van der Waals surface area contributed by atoms with Crippen molar-refractivity contribution < 1.29 is 38.1 Å². The van der Waals surface area contributed by atoms with E-state index in [1.165, 1.54) is 13.3 Å². The molecule has 2 bridgehead atoms. The number of hydrogen-bond donors (Lipinski definition) is 2. The largest absolute Gasteiger partial charge is 0.462 e. The summed E-state index contributed by atoms with van der Waals surface area (Å²) in [5.74, 6) is 1.01. The normalized spacial score (nSPS) is 24.8. The monoisotopic (exact) mass is 468 g/mol. The fourth-order valence-corrected chi connectivity index (χ4v) is 4.88. The molecule has 2 rings (SSSR count). The van der Waals surface area contributed by atoms with E-state index < -0.39 is 36.3 Å². The second-order valence-corrected chi connectivity index (χ2v) is 8.83. The van der Waals surface area contributed by atoms with Crippen molar-refractivity contribution in [1.82, 2.24) is 10.6 Å². The Bertz CT molecular complexity index is 713. The molecule has 0 radical (unpaired) electrons. The van der Waals surface area contributed by atoms with E-state index in [1.54, 1.807) is 13.8 Å². The Morgan fingerprint density at radius 3 is 2.27 bits per heavy atom. The van der Waals surface area contributed by atoms with E-state index in [9.17, 15) is 19.2 Å². The topological polar surface area (TPSA) is 129 Å². The molecule has 10 nitrogen and oxygen atoms in total. The second-order valence-electron chi connectivity index (χ2n) is 8.83. The van der Waals surface area contributed by atoms with Crippen LogP contribution in [-0.4, -0.2) is 62.6 Å². The van der Waals surface area contributed by atoms with Gasteiger partial charge >= 0.3 is 24.1 Å². The third kappa shape index (κ3) is 8.94. The third-order valence-electron chi connectivity index (χ3n) is 6.26. The molecule has 0 aromatic heterocycles. The number of carbonyl (C=O) groups is 4. The van der Waals surface area contributed by atoms with Gasteiger partial charge in [0.2, 0.25) is 0 Å². The lowest BCUT2D eigenvalue weighted by Gasteiger charge is -2.23. The Balaban J connectivity index is 1.64. The SMILES string of the molecule is C=CC(=O)OCC(C)OC(=O)NCCC1C2CCC1C(CNC(=O)OC(C)COC(C)=O)C2. The van der Waals surface area contributed by atoms with Gasteiger partial charge in [0.25, 0.3) is 0 Å². The Kier molecular flexibility index (Phi) is 10.5. The van der Waals surface area contributed by atoms with Crippen molar-refractivity contribution in [3.8, 4) is 0 Å².